The van der Waals surface area contributed by atoms with Gasteiger partial charge in [0.25, 0.3) is 0 Å². The van der Waals surface area contributed by atoms with E-state index in [9.17, 15) is 5.26 Å². The van der Waals surface area contributed by atoms with Gasteiger partial charge >= 0.3 is 0 Å². The molecule has 0 radical (unpaired) electrons. The van der Waals surface area contributed by atoms with E-state index in [-0.39, 0.29) is 5.54 Å². The number of hydrogen-bond acceptors (Lipinski definition) is 4. The molecule has 4 rings (SSSR count). The lowest BCUT2D eigenvalue weighted by Crippen LogP contribution is -2.45. The van der Waals surface area contributed by atoms with Crippen molar-refractivity contribution in [1.29, 1.82) is 5.26 Å². The molecule has 1 aromatic heterocycles. The van der Waals surface area contributed by atoms with Crippen molar-refractivity contribution in [3.05, 3.63) is 41.2 Å². The van der Waals surface area contributed by atoms with E-state index in [0.29, 0.717) is 12.5 Å². The van der Waals surface area contributed by atoms with Crippen LogP contribution in [0.15, 0.2) is 28.7 Å². The first kappa shape index (κ1) is 15.0. The Balaban J connectivity index is 2.10. The summed E-state index contributed by atoms with van der Waals surface area (Å²) >= 11 is 0. The number of nitrogens with zero attached hydrogens (tertiary/aromatic N) is 2. The number of fused-ring (bicyclic) bond motifs is 6. The van der Waals surface area contributed by atoms with Gasteiger partial charge in [0, 0.05) is 39.4 Å². The summed E-state index contributed by atoms with van der Waals surface area (Å²) in [6.45, 7) is 9.85. The van der Waals surface area contributed by atoms with Crippen LogP contribution in [0.5, 0.6) is 5.75 Å². The number of rotatable bonds is 0. The molecular formula is C20H20N2O2. The summed E-state index contributed by atoms with van der Waals surface area (Å²) < 4.78 is 12.1. The molecule has 4 nitrogen and oxygen atoms in total. The topological polar surface area (TPSA) is 49.4 Å². The standard InChI is InChI=1S/C20H20N2O2/c1-12-16(9-21)24-19-14-8-6-5-7-13(14)18-15(17(12)19)10-22(11-23-18)20(2,3)4/h5-8H,10-11H2,1-4H3. The number of furan rings is 1. The van der Waals surface area contributed by atoms with Crippen LogP contribution in [0.3, 0.4) is 0 Å². The second kappa shape index (κ2) is 4.99. The highest BCUT2D eigenvalue weighted by molar-refractivity contribution is 6.11. The van der Waals surface area contributed by atoms with Crippen LogP contribution in [0.1, 0.15) is 37.7 Å². The summed E-state index contributed by atoms with van der Waals surface area (Å²) in [5, 5.41) is 12.5. The quantitative estimate of drug-likeness (QED) is 0.601. The van der Waals surface area contributed by atoms with E-state index in [1.165, 1.54) is 0 Å². The zero-order chi connectivity index (χ0) is 17.1. The average Bonchev–Trinajstić information content (AvgIpc) is 2.91. The zero-order valence-electron chi connectivity index (χ0n) is 14.4. The van der Waals surface area contributed by atoms with E-state index in [1.54, 1.807) is 0 Å². The molecule has 2 aromatic carbocycles. The maximum atomic E-state index is 9.39. The first-order valence-electron chi connectivity index (χ1n) is 8.16. The Bertz CT molecular complexity index is 1000. The molecule has 0 amide bonds. The van der Waals surface area contributed by atoms with Crippen LogP contribution < -0.4 is 4.74 Å². The van der Waals surface area contributed by atoms with Gasteiger partial charge in [0.2, 0.25) is 5.76 Å². The van der Waals surface area contributed by atoms with Crippen molar-refractivity contribution in [2.24, 2.45) is 0 Å². The van der Waals surface area contributed by atoms with Crippen LogP contribution in [-0.2, 0) is 6.54 Å². The molecule has 0 aliphatic carbocycles. The van der Waals surface area contributed by atoms with Crippen molar-refractivity contribution in [1.82, 2.24) is 4.90 Å². The van der Waals surface area contributed by atoms with Gasteiger partial charge in [-0.1, -0.05) is 24.3 Å². The van der Waals surface area contributed by atoms with Crippen LogP contribution in [0, 0.1) is 18.3 Å². The molecule has 0 saturated carbocycles. The van der Waals surface area contributed by atoms with E-state index in [4.69, 9.17) is 9.15 Å². The summed E-state index contributed by atoms with van der Waals surface area (Å²) in [6.07, 6.45) is 0. The molecule has 0 atom stereocenters. The van der Waals surface area contributed by atoms with Crippen LogP contribution in [0.2, 0.25) is 0 Å². The Morgan fingerprint density at radius 3 is 2.54 bits per heavy atom. The van der Waals surface area contributed by atoms with Gasteiger partial charge in [0.1, 0.15) is 24.1 Å². The molecule has 122 valence electrons. The lowest BCUT2D eigenvalue weighted by atomic mass is 9.95. The van der Waals surface area contributed by atoms with Crippen molar-refractivity contribution in [3.8, 4) is 11.8 Å². The first-order chi connectivity index (χ1) is 11.4. The molecule has 0 N–H and O–H groups in total. The summed E-state index contributed by atoms with van der Waals surface area (Å²) in [5.74, 6) is 1.31. The third kappa shape index (κ3) is 2.02. The minimum absolute atomic E-state index is 0.00531. The summed E-state index contributed by atoms with van der Waals surface area (Å²) in [5.41, 5.74) is 2.81. The Morgan fingerprint density at radius 2 is 1.88 bits per heavy atom. The van der Waals surface area contributed by atoms with Gasteiger partial charge in [0.15, 0.2) is 0 Å². The molecule has 3 aromatic rings. The van der Waals surface area contributed by atoms with Crippen molar-refractivity contribution >= 4 is 21.7 Å². The third-order valence-electron chi connectivity index (χ3n) is 4.90. The Labute approximate surface area is 141 Å². The number of hydrogen-bond donors (Lipinski definition) is 0. The fourth-order valence-electron chi connectivity index (χ4n) is 3.45. The van der Waals surface area contributed by atoms with Crippen LogP contribution >= 0.6 is 0 Å². The molecule has 24 heavy (non-hydrogen) atoms. The molecular weight excluding hydrogens is 300 g/mol. The van der Waals surface area contributed by atoms with Gasteiger partial charge in [-0.05, 0) is 27.7 Å². The van der Waals surface area contributed by atoms with Gasteiger partial charge in [-0.3, -0.25) is 4.90 Å². The highest BCUT2D eigenvalue weighted by Crippen LogP contribution is 2.44. The van der Waals surface area contributed by atoms with Gasteiger partial charge < -0.3 is 9.15 Å². The van der Waals surface area contributed by atoms with E-state index >= 15 is 0 Å². The normalized spacial score (nSPS) is 15.3. The first-order valence-corrected chi connectivity index (χ1v) is 8.16. The van der Waals surface area contributed by atoms with Gasteiger partial charge in [-0.2, -0.15) is 5.26 Å². The monoisotopic (exact) mass is 320 g/mol. The third-order valence-corrected chi connectivity index (χ3v) is 4.90. The molecule has 4 heteroatoms. The Morgan fingerprint density at radius 1 is 1.17 bits per heavy atom. The second-order valence-electron chi connectivity index (χ2n) is 7.37. The largest absolute Gasteiger partial charge is 0.477 e. The molecule has 0 unspecified atom stereocenters. The van der Waals surface area contributed by atoms with Crippen LogP contribution in [0.4, 0.5) is 0 Å². The minimum Gasteiger partial charge on any atom is -0.477 e. The predicted molar refractivity (Wildman–Crippen MR) is 94.0 cm³/mol. The maximum Gasteiger partial charge on any atom is 0.207 e. The highest BCUT2D eigenvalue weighted by atomic mass is 16.5. The molecule has 0 saturated heterocycles. The number of nitriles is 1. The van der Waals surface area contributed by atoms with E-state index < -0.39 is 0 Å². The molecule has 0 spiro atoms. The van der Waals surface area contributed by atoms with E-state index in [2.05, 4.69) is 37.8 Å². The number of ether oxygens (including phenoxy) is 1. The molecule has 0 bridgehead atoms. The Kier molecular flexibility index (Phi) is 3.13. The summed E-state index contributed by atoms with van der Waals surface area (Å²) in [4.78, 5) is 2.29. The number of benzene rings is 2. The smallest absolute Gasteiger partial charge is 0.207 e. The average molecular weight is 320 g/mol. The molecule has 1 aliphatic rings. The van der Waals surface area contributed by atoms with Gasteiger partial charge in [0.05, 0.1) is 0 Å². The molecule has 0 fully saturated rings. The van der Waals surface area contributed by atoms with Crippen molar-refractivity contribution in [2.75, 3.05) is 6.73 Å². The lowest BCUT2D eigenvalue weighted by Gasteiger charge is -2.39. The van der Waals surface area contributed by atoms with Crippen molar-refractivity contribution in [3.63, 3.8) is 0 Å². The van der Waals surface area contributed by atoms with Crippen LogP contribution in [0.25, 0.3) is 21.7 Å². The highest BCUT2D eigenvalue weighted by Gasteiger charge is 2.31. The maximum absolute atomic E-state index is 9.39. The van der Waals surface area contributed by atoms with Crippen LogP contribution in [-0.4, -0.2) is 17.2 Å². The minimum atomic E-state index is 0.00531. The zero-order valence-corrected chi connectivity index (χ0v) is 14.4. The van der Waals surface area contributed by atoms with Crippen molar-refractivity contribution in [2.45, 2.75) is 39.8 Å². The molecule has 2 heterocycles. The molecule has 1 aliphatic heterocycles. The SMILES string of the molecule is Cc1c(C#N)oc2c1c1c(c3ccccc32)OCN(C(C)(C)C)C1. The van der Waals surface area contributed by atoms with Crippen molar-refractivity contribution < 1.29 is 9.15 Å². The van der Waals surface area contributed by atoms with Gasteiger partial charge in [-0.25, -0.2) is 0 Å². The summed E-state index contributed by atoms with van der Waals surface area (Å²) in [6, 6.07) is 10.3. The fourth-order valence-corrected chi connectivity index (χ4v) is 3.45. The van der Waals surface area contributed by atoms with Gasteiger partial charge in [-0.15, -0.1) is 0 Å². The fraction of sp³-hybridized carbons (Fsp3) is 0.350. The summed E-state index contributed by atoms with van der Waals surface area (Å²) in [7, 11) is 0. The lowest BCUT2D eigenvalue weighted by molar-refractivity contribution is 0.0236. The second-order valence-corrected chi connectivity index (χ2v) is 7.37. The van der Waals surface area contributed by atoms with E-state index in [0.717, 1.165) is 45.2 Å². The Hall–Kier alpha value is -2.51. The number of aryl methyl sites for hydroxylation is 1. The predicted octanol–water partition coefficient (Wildman–Crippen LogP) is 4.72. The van der Waals surface area contributed by atoms with E-state index in [1.807, 2.05) is 25.1 Å².